The molecular weight excluding hydrogens is 463 g/mol. The van der Waals surface area contributed by atoms with E-state index in [0.717, 1.165) is 11.3 Å². The molecule has 0 aliphatic carbocycles. The third-order valence-corrected chi connectivity index (χ3v) is 4.47. The Kier molecular flexibility index (Phi) is 13.0. The Morgan fingerprint density at radius 1 is 1.14 bits per heavy atom. The van der Waals surface area contributed by atoms with E-state index in [9.17, 15) is 9.59 Å². The van der Waals surface area contributed by atoms with Gasteiger partial charge in [0, 0.05) is 0 Å². The minimum absolute atomic E-state index is 0. The number of hydrogen-bond acceptors (Lipinski definition) is 8. The van der Waals surface area contributed by atoms with Crippen molar-refractivity contribution in [2.24, 2.45) is 0 Å². The molecule has 0 atom stereocenters. The second-order valence-corrected chi connectivity index (χ2v) is 7.37. The van der Waals surface area contributed by atoms with E-state index in [1.807, 2.05) is 0 Å². The van der Waals surface area contributed by atoms with Gasteiger partial charge in [-0.05, 0) is 31.9 Å². The van der Waals surface area contributed by atoms with Gasteiger partial charge < -0.3 is 15.3 Å². The van der Waals surface area contributed by atoms with Crippen LogP contribution in [-0.4, -0.2) is 39.6 Å². The number of carbonyl (C=O) groups excluding carboxylic acids is 1. The third-order valence-electron chi connectivity index (χ3n) is 1.55. The number of carboxylic acid groups (broad SMARTS) is 1. The molecule has 0 unspecified atom stereocenters. The van der Waals surface area contributed by atoms with Crippen molar-refractivity contribution in [3.8, 4) is 0 Å². The van der Waals surface area contributed by atoms with Crippen molar-refractivity contribution in [1.82, 2.24) is 9.97 Å². The summed E-state index contributed by atoms with van der Waals surface area (Å²) in [6.07, 6.45) is 2.79. The zero-order valence-electron chi connectivity index (χ0n) is 10.7. The smallest absolute Gasteiger partial charge is 0.870 e. The molecule has 0 spiro atoms. The Morgan fingerprint density at radius 3 is 1.81 bits per heavy atom. The molecule has 2 heterocycles. The van der Waals surface area contributed by atoms with Gasteiger partial charge in [-0.25, -0.2) is 19.6 Å². The molecule has 12 heteroatoms. The molecule has 2 aromatic rings. The van der Waals surface area contributed by atoms with Crippen molar-refractivity contribution in [1.29, 1.82) is 0 Å². The van der Waals surface area contributed by atoms with Crippen LogP contribution >= 0.6 is 54.5 Å². The molecule has 2 aromatic heterocycles. The van der Waals surface area contributed by atoms with E-state index in [1.54, 1.807) is 0 Å². The Morgan fingerprint density at radius 2 is 1.57 bits per heavy atom. The van der Waals surface area contributed by atoms with Crippen LogP contribution in [0.25, 0.3) is 0 Å². The number of aromatic carboxylic acids is 1. The topological polar surface area (TPSA) is 119 Å². The Bertz CT molecular complexity index is 592. The monoisotopic (exact) mass is 468 g/mol. The first-order valence-corrected chi connectivity index (χ1v) is 7.70. The number of carboxylic acids is 1. The van der Waals surface area contributed by atoms with Crippen LogP contribution in [0.1, 0.15) is 19.3 Å². The Balaban J connectivity index is 0. The summed E-state index contributed by atoms with van der Waals surface area (Å²) in [5, 5.41) is 8.35. The standard InChI is InChI=1S/C5H4BrNO2S.C4H2BrNO2S.Na.H2O/c1-9-4(8)3-2-7-5(6)10-3;5-4-6-1-2(9-4)3(7)8;;/h2H,1H3;1H,(H,7,8);;1H2/q;;+1;/p-1. The predicted octanol–water partition coefficient (Wildman–Crippen LogP) is 0.123. The molecule has 0 radical (unpaired) electrons. The average molecular weight is 470 g/mol. The Labute approximate surface area is 166 Å². The summed E-state index contributed by atoms with van der Waals surface area (Å²) in [6, 6.07) is 0. The summed E-state index contributed by atoms with van der Waals surface area (Å²) in [4.78, 5) is 29.2. The molecule has 0 fully saturated rings. The van der Waals surface area contributed by atoms with Crippen LogP contribution in [-0.2, 0) is 4.74 Å². The maximum atomic E-state index is 10.8. The zero-order valence-corrected chi connectivity index (χ0v) is 17.5. The van der Waals surface area contributed by atoms with Crippen LogP contribution in [0.5, 0.6) is 0 Å². The van der Waals surface area contributed by atoms with Crippen LogP contribution in [0, 0.1) is 0 Å². The minimum Gasteiger partial charge on any atom is -0.870 e. The van der Waals surface area contributed by atoms with E-state index in [0.29, 0.717) is 12.7 Å². The number of ether oxygens (including phenoxy) is 1. The number of rotatable bonds is 2. The summed E-state index contributed by atoms with van der Waals surface area (Å²) in [7, 11) is 1.34. The van der Waals surface area contributed by atoms with Crippen LogP contribution in [0.4, 0.5) is 0 Å². The maximum absolute atomic E-state index is 10.8. The first kappa shape index (κ1) is 23.4. The largest absolute Gasteiger partial charge is 1.00 e. The van der Waals surface area contributed by atoms with E-state index in [4.69, 9.17) is 5.11 Å². The van der Waals surface area contributed by atoms with Crippen LogP contribution in [0.3, 0.4) is 0 Å². The van der Waals surface area contributed by atoms with Gasteiger partial charge in [-0.2, -0.15) is 0 Å². The molecule has 0 amide bonds. The summed E-state index contributed by atoms with van der Waals surface area (Å²) >= 11 is 8.53. The van der Waals surface area contributed by atoms with Gasteiger partial charge in [-0.15, -0.1) is 22.7 Å². The fraction of sp³-hybridized carbons (Fsp3) is 0.111. The maximum Gasteiger partial charge on any atom is 1.00 e. The van der Waals surface area contributed by atoms with Crippen molar-refractivity contribution in [3.63, 3.8) is 0 Å². The van der Waals surface area contributed by atoms with E-state index in [2.05, 4.69) is 46.6 Å². The number of halogens is 2. The van der Waals surface area contributed by atoms with E-state index in [-0.39, 0.29) is 45.9 Å². The van der Waals surface area contributed by atoms with E-state index < -0.39 is 5.97 Å². The molecule has 0 saturated heterocycles. The molecule has 110 valence electrons. The van der Waals surface area contributed by atoms with Gasteiger partial charge in [0.15, 0.2) is 7.83 Å². The number of carbonyl (C=O) groups is 2. The average Bonchev–Trinajstić information content (AvgIpc) is 2.98. The molecule has 21 heavy (non-hydrogen) atoms. The van der Waals surface area contributed by atoms with Gasteiger partial charge in [-0.1, -0.05) is 0 Å². The number of nitrogens with zero attached hydrogens (tertiary/aromatic N) is 2. The normalized spacial score (nSPS) is 8.52. The van der Waals surface area contributed by atoms with Crippen molar-refractivity contribution >= 4 is 66.5 Å². The second-order valence-electron chi connectivity index (χ2n) is 2.75. The minimum atomic E-state index is -0.932. The Hall–Kier alpha value is 0.120. The van der Waals surface area contributed by atoms with Crippen molar-refractivity contribution < 1.29 is 54.5 Å². The van der Waals surface area contributed by atoms with E-state index >= 15 is 0 Å². The van der Waals surface area contributed by atoms with Gasteiger partial charge in [0.05, 0.1) is 19.5 Å². The predicted molar refractivity (Wildman–Crippen MR) is 79.9 cm³/mol. The third kappa shape index (κ3) is 8.35. The number of methoxy groups -OCH3 is 1. The molecule has 0 bridgehead atoms. The number of thiazole rings is 2. The van der Waals surface area contributed by atoms with Gasteiger partial charge in [0.2, 0.25) is 0 Å². The summed E-state index contributed by atoms with van der Waals surface area (Å²) in [5.41, 5.74) is 0. The van der Waals surface area contributed by atoms with Crippen molar-refractivity contribution in [2.75, 3.05) is 7.11 Å². The molecule has 2 N–H and O–H groups in total. The summed E-state index contributed by atoms with van der Waals surface area (Å²) < 4.78 is 5.75. The van der Waals surface area contributed by atoms with Gasteiger partial charge in [-0.3, -0.25) is 0 Å². The molecule has 7 nitrogen and oxygen atoms in total. The molecule has 0 aliphatic rings. The second kappa shape index (κ2) is 11.7. The molecular formula is C9H7Br2N2NaO5S2. The summed E-state index contributed by atoms with van der Waals surface area (Å²) in [5.74, 6) is -1.28. The number of aromatic nitrogens is 2. The SMILES string of the molecule is COC(=O)c1cnc(Br)s1.O=C(O)c1cnc(Br)s1.[Na+].[OH-]. The first-order valence-electron chi connectivity index (χ1n) is 4.48. The molecule has 0 aliphatic heterocycles. The molecule has 0 saturated carbocycles. The van der Waals surface area contributed by atoms with Gasteiger partial charge in [0.25, 0.3) is 0 Å². The number of hydrogen-bond donors (Lipinski definition) is 1. The van der Waals surface area contributed by atoms with Crippen LogP contribution in [0.15, 0.2) is 20.2 Å². The van der Waals surface area contributed by atoms with Crippen molar-refractivity contribution in [2.45, 2.75) is 0 Å². The number of esters is 1. The molecule has 2 rings (SSSR count). The van der Waals surface area contributed by atoms with Gasteiger partial charge in [0.1, 0.15) is 9.75 Å². The zero-order chi connectivity index (χ0) is 14.4. The van der Waals surface area contributed by atoms with E-state index in [1.165, 1.54) is 30.8 Å². The fourth-order valence-electron chi connectivity index (χ4n) is 0.799. The molecule has 0 aromatic carbocycles. The van der Waals surface area contributed by atoms with Crippen LogP contribution < -0.4 is 29.6 Å². The first-order chi connectivity index (χ1) is 8.93. The van der Waals surface area contributed by atoms with Gasteiger partial charge >= 0.3 is 41.5 Å². The van der Waals surface area contributed by atoms with Crippen molar-refractivity contribution in [3.05, 3.63) is 30.0 Å². The fourth-order valence-corrected chi connectivity index (χ4v) is 3.09. The quantitative estimate of drug-likeness (QED) is 0.490. The summed E-state index contributed by atoms with van der Waals surface area (Å²) in [6.45, 7) is 0. The van der Waals surface area contributed by atoms with Crippen LogP contribution in [0.2, 0.25) is 0 Å².